The second-order valence-corrected chi connectivity index (χ2v) is 11.6. The fourth-order valence-corrected chi connectivity index (χ4v) is 6.56. The molecule has 2 aliphatic heterocycles. The average molecular weight is 540 g/mol. The molecule has 8 heteroatoms. The number of benzene rings is 2. The molecule has 0 saturated carbocycles. The van der Waals surface area contributed by atoms with Crippen LogP contribution >= 0.6 is 11.8 Å². The number of nitrogens with zero attached hydrogens (tertiary/aromatic N) is 2. The van der Waals surface area contributed by atoms with Crippen molar-refractivity contribution in [3.8, 4) is 11.5 Å². The lowest BCUT2D eigenvalue weighted by Gasteiger charge is -2.40. The Hall–Kier alpha value is -2.71. The van der Waals surface area contributed by atoms with Gasteiger partial charge in [-0.05, 0) is 72.9 Å². The third-order valence-corrected chi connectivity index (χ3v) is 8.55. The minimum absolute atomic E-state index is 0.0860. The van der Waals surface area contributed by atoms with Crippen molar-refractivity contribution >= 4 is 23.6 Å². The Balaban J connectivity index is 1.60. The molecule has 2 amide bonds. The van der Waals surface area contributed by atoms with Gasteiger partial charge in [-0.2, -0.15) is 0 Å². The summed E-state index contributed by atoms with van der Waals surface area (Å²) in [5, 5.41) is 3.20. The third-order valence-electron chi connectivity index (χ3n) is 7.81. The van der Waals surface area contributed by atoms with E-state index < -0.39 is 12.0 Å². The van der Waals surface area contributed by atoms with E-state index in [2.05, 4.69) is 24.1 Å². The zero-order valence-corrected chi connectivity index (χ0v) is 24.3. The van der Waals surface area contributed by atoms with Crippen LogP contribution in [0.3, 0.4) is 0 Å². The van der Waals surface area contributed by atoms with Crippen LogP contribution in [0.2, 0.25) is 0 Å². The van der Waals surface area contributed by atoms with Crippen LogP contribution in [-0.4, -0.2) is 75.3 Å². The number of carbonyl (C=O) groups excluding carboxylic acids is 2. The van der Waals surface area contributed by atoms with E-state index in [1.165, 1.54) is 6.42 Å². The Morgan fingerprint density at radius 1 is 1.05 bits per heavy atom. The minimum atomic E-state index is -0.581. The van der Waals surface area contributed by atoms with Gasteiger partial charge in [0.1, 0.15) is 0 Å². The minimum Gasteiger partial charge on any atom is -0.493 e. The Morgan fingerprint density at radius 2 is 1.68 bits per heavy atom. The highest BCUT2D eigenvalue weighted by Gasteiger charge is 2.43. The van der Waals surface area contributed by atoms with Crippen LogP contribution < -0.4 is 14.8 Å². The number of methoxy groups -OCH3 is 2. The predicted octanol–water partition coefficient (Wildman–Crippen LogP) is 4.82. The lowest BCUT2D eigenvalue weighted by atomic mass is 9.79. The lowest BCUT2D eigenvalue weighted by molar-refractivity contribution is -0.124. The predicted molar refractivity (Wildman–Crippen MR) is 152 cm³/mol. The molecule has 1 fully saturated rings. The molecule has 0 spiro atoms. The Bertz CT molecular complexity index is 1130. The number of likely N-dealkylation sites (N-methyl/N-ethyl adjacent to an activating group) is 1. The van der Waals surface area contributed by atoms with Crippen molar-refractivity contribution < 1.29 is 19.1 Å². The number of thioether (sulfide) groups is 1. The molecule has 0 aromatic heterocycles. The molecule has 1 N–H and O–H groups in total. The fourth-order valence-electron chi connectivity index (χ4n) is 6.15. The molecule has 4 rings (SSSR count). The van der Waals surface area contributed by atoms with Gasteiger partial charge in [0.2, 0.25) is 5.91 Å². The largest absolute Gasteiger partial charge is 0.493 e. The molecule has 2 aliphatic rings. The molecule has 0 unspecified atom stereocenters. The Kier molecular flexibility index (Phi) is 9.26. The Morgan fingerprint density at radius 3 is 2.29 bits per heavy atom. The van der Waals surface area contributed by atoms with Crippen molar-refractivity contribution in [2.75, 3.05) is 53.7 Å². The van der Waals surface area contributed by atoms with E-state index in [0.717, 1.165) is 36.5 Å². The first-order chi connectivity index (χ1) is 18.3. The molecule has 1 saturated heterocycles. The van der Waals surface area contributed by atoms with Gasteiger partial charge in [0, 0.05) is 37.1 Å². The molecular formula is C30H41N3O4S. The maximum Gasteiger partial charge on any atom is 0.254 e. The quantitative estimate of drug-likeness (QED) is 0.364. The number of carbonyl (C=O) groups is 2. The monoisotopic (exact) mass is 539 g/mol. The maximum atomic E-state index is 13.9. The molecule has 2 aromatic carbocycles. The standard InChI is InChI=1S/C30H41N3O4S/c1-19-14-20(2)18-33(17-19)13-7-12-31-29(34)27-23-15-25(36-4)26(37-5)16-24(23)30(35)32(3)28(27)21-8-10-22(38-6)11-9-21/h8-11,15-16,19-20,27-28H,7,12-14,17-18H2,1-6H3,(H,31,34)/t19-,20-,27+,28-/m1/s1. The van der Waals surface area contributed by atoms with Crippen LogP contribution in [0, 0.1) is 11.8 Å². The third kappa shape index (κ3) is 5.96. The summed E-state index contributed by atoms with van der Waals surface area (Å²) in [5.41, 5.74) is 2.06. The molecule has 2 heterocycles. The summed E-state index contributed by atoms with van der Waals surface area (Å²) in [6.07, 6.45) is 4.20. The van der Waals surface area contributed by atoms with E-state index in [9.17, 15) is 9.59 Å². The first-order valence-electron chi connectivity index (χ1n) is 13.4. The number of rotatable bonds is 9. The van der Waals surface area contributed by atoms with Crippen LogP contribution in [0.25, 0.3) is 0 Å². The fraction of sp³-hybridized carbons (Fsp3) is 0.533. The zero-order chi connectivity index (χ0) is 27.4. The summed E-state index contributed by atoms with van der Waals surface area (Å²) in [4.78, 5) is 32.8. The summed E-state index contributed by atoms with van der Waals surface area (Å²) in [6, 6.07) is 11.2. The lowest BCUT2D eigenvalue weighted by Crippen LogP contribution is -2.46. The number of nitrogens with one attached hydrogen (secondary N) is 1. The Labute approximate surface area is 231 Å². The number of hydrogen-bond donors (Lipinski definition) is 1. The van der Waals surface area contributed by atoms with E-state index >= 15 is 0 Å². The van der Waals surface area contributed by atoms with Crippen molar-refractivity contribution in [3.05, 3.63) is 53.1 Å². The van der Waals surface area contributed by atoms with E-state index in [0.29, 0.717) is 41.0 Å². The van der Waals surface area contributed by atoms with E-state index in [-0.39, 0.29) is 11.8 Å². The van der Waals surface area contributed by atoms with Gasteiger partial charge in [0.05, 0.1) is 26.2 Å². The zero-order valence-electron chi connectivity index (χ0n) is 23.5. The highest BCUT2D eigenvalue weighted by molar-refractivity contribution is 7.98. The van der Waals surface area contributed by atoms with E-state index in [1.807, 2.05) is 30.5 Å². The van der Waals surface area contributed by atoms with E-state index in [4.69, 9.17) is 9.47 Å². The van der Waals surface area contributed by atoms with E-state index in [1.54, 1.807) is 50.1 Å². The van der Waals surface area contributed by atoms with Crippen molar-refractivity contribution in [2.24, 2.45) is 11.8 Å². The van der Waals surface area contributed by atoms with Crippen LogP contribution in [0.1, 0.15) is 60.1 Å². The molecule has 4 atom stereocenters. The first-order valence-corrected chi connectivity index (χ1v) is 14.7. The topological polar surface area (TPSA) is 71.1 Å². The average Bonchev–Trinajstić information content (AvgIpc) is 2.91. The summed E-state index contributed by atoms with van der Waals surface area (Å²) >= 11 is 1.66. The normalized spacial score (nSPS) is 23.6. The second kappa shape index (κ2) is 12.4. The van der Waals surface area contributed by atoms with Gasteiger partial charge >= 0.3 is 0 Å². The van der Waals surface area contributed by atoms with Gasteiger partial charge in [-0.1, -0.05) is 26.0 Å². The number of fused-ring (bicyclic) bond motifs is 1. The van der Waals surface area contributed by atoms with Gasteiger partial charge in [-0.15, -0.1) is 11.8 Å². The van der Waals surface area contributed by atoms with Crippen molar-refractivity contribution in [1.29, 1.82) is 0 Å². The molecule has 0 aliphatic carbocycles. The molecule has 0 radical (unpaired) electrons. The van der Waals surface area contributed by atoms with Gasteiger partial charge < -0.3 is 24.6 Å². The van der Waals surface area contributed by atoms with Gasteiger partial charge in [0.25, 0.3) is 5.91 Å². The van der Waals surface area contributed by atoms with Crippen LogP contribution in [0.15, 0.2) is 41.3 Å². The highest BCUT2D eigenvalue weighted by Crippen LogP contribution is 2.45. The number of ether oxygens (including phenoxy) is 2. The van der Waals surface area contributed by atoms with Crippen molar-refractivity contribution in [3.63, 3.8) is 0 Å². The molecule has 2 aromatic rings. The summed E-state index contributed by atoms with van der Waals surface area (Å²) in [7, 11) is 4.89. The highest BCUT2D eigenvalue weighted by atomic mass is 32.2. The maximum absolute atomic E-state index is 13.9. The summed E-state index contributed by atoms with van der Waals surface area (Å²) in [6.45, 7) is 8.44. The first kappa shape index (κ1) is 28.3. The van der Waals surface area contributed by atoms with Gasteiger partial charge in [-0.25, -0.2) is 0 Å². The van der Waals surface area contributed by atoms with Crippen LogP contribution in [0.4, 0.5) is 0 Å². The number of piperidine rings is 1. The summed E-state index contributed by atoms with van der Waals surface area (Å²) < 4.78 is 11.0. The summed E-state index contributed by atoms with van der Waals surface area (Å²) in [5.74, 6) is 1.60. The van der Waals surface area contributed by atoms with Gasteiger partial charge in [0.15, 0.2) is 11.5 Å². The molecule has 206 valence electrons. The van der Waals surface area contributed by atoms with Crippen molar-refractivity contribution in [2.45, 2.75) is 43.5 Å². The molecular weight excluding hydrogens is 498 g/mol. The second-order valence-electron chi connectivity index (χ2n) is 10.8. The number of amides is 2. The molecule has 7 nitrogen and oxygen atoms in total. The molecule has 38 heavy (non-hydrogen) atoms. The van der Waals surface area contributed by atoms with Crippen molar-refractivity contribution in [1.82, 2.24) is 15.1 Å². The molecule has 0 bridgehead atoms. The smallest absolute Gasteiger partial charge is 0.254 e. The van der Waals surface area contributed by atoms with Crippen LogP contribution in [0.5, 0.6) is 11.5 Å². The van der Waals surface area contributed by atoms with Gasteiger partial charge in [-0.3, -0.25) is 9.59 Å². The number of likely N-dealkylation sites (tertiary alicyclic amines) is 1. The number of hydrogen-bond acceptors (Lipinski definition) is 6. The van der Waals surface area contributed by atoms with Crippen LogP contribution in [-0.2, 0) is 4.79 Å². The SMILES string of the molecule is COc1cc2c(cc1OC)[C@H](C(=O)NCCCN1C[C@H](C)C[C@@H](C)C1)[C@@H](c1ccc(SC)cc1)N(C)C2=O.